The molecule has 0 spiro atoms. The largest absolute Gasteiger partial charge is 0.490 e. The normalized spacial score (nSPS) is 10.9. The molecule has 2 N–H and O–H groups in total. The Morgan fingerprint density at radius 3 is 2.52 bits per heavy atom. The molecule has 3 aromatic rings. The molecule has 0 fully saturated rings. The summed E-state index contributed by atoms with van der Waals surface area (Å²) in [4.78, 5) is 12.0. The first-order chi connectivity index (χ1) is 10.1. The van der Waals surface area contributed by atoms with Crippen molar-refractivity contribution in [2.45, 2.75) is 0 Å². The van der Waals surface area contributed by atoms with E-state index >= 15 is 0 Å². The third-order valence-corrected chi connectivity index (χ3v) is 2.95. The summed E-state index contributed by atoms with van der Waals surface area (Å²) in [6.07, 6.45) is 2.74. The Labute approximate surface area is 118 Å². The van der Waals surface area contributed by atoms with Crippen LogP contribution in [0.1, 0.15) is 0 Å². The van der Waals surface area contributed by atoms with Crippen LogP contribution in [0.4, 0.5) is 8.78 Å². The zero-order chi connectivity index (χ0) is 15.0. The zero-order valence-corrected chi connectivity index (χ0v) is 10.5. The first-order valence-electron chi connectivity index (χ1n) is 5.99. The van der Waals surface area contributed by atoms with E-state index in [1.165, 1.54) is 18.5 Å². The molecule has 3 rings (SSSR count). The van der Waals surface area contributed by atoms with Crippen LogP contribution in [-0.2, 0) is 0 Å². The fraction of sp³-hybridized carbons (Fsp3) is 0. The lowest BCUT2D eigenvalue weighted by molar-refractivity contribution is 0.426. The molecule has 0 saturated carbocycles. The Hall–Kier alpha value is -2.45. The van der Waals surface area contributed by atoms with Crippen LogP contribution < -0.4 is 5.46 Å². The monoisotopic (exact) mass is 287 g/mol. The molecule has 5 nitrogen and oxygen atoms in total. The highest BCUT2D eigenvalue weighted by Crippen LogP contribution is 2.22. The van der Waals surface area contributed by atoms with Crippen LogP contribution in [0.5, 0.6) is 0 Å². The lowest BCUT2D eigenvalue weighted by Gasteiger charge is -2.08. The number of fused-ring (bicyclic) bond motifs is 1. The van der Waals surface area contributed by atoms with Crippen LogP contribution in [0.2, 0.25) is 0 Å². The molecular formula is C13H8BF2N3O2. The van der Waals surface area contributed by atoms with Gasteiger partial charge in [0, 0.05) is 23.4 Å². The van der Waals surface area contributed by atoms with Crippen molar-refractivity contribution in [1.82, 2.24) is 15.0 Å². The van der Waals surface area contributed by atoms with E-state index in [1.807, 2.05) is 0 Å². The first kappa shape index (κ1) is 13.5. The van der Waals surface area contributed by atoms with Gasteiger partial charge in [0.15, 0.2) is 5.65 Å². The summed E-state index contributed by atoms with van der Waals surface area (Å²) in [6, 6.07) is 4.19. The minimum atomic E-state index is -1.83. The van der Waals surface area contributed by atoms with E-state index < -0.39 is 18.8 Å². The number of aromatic nitrogens is 3. The van der Waals surface area contributed by atoms with Gasteiger partial charge in [-0.05, 0) is 24.3 Å². The van der Waals surface area contributed by atoms with Crippen molar-refractivity contribution in [1.29, 1.82) is 0 Å². The summed E-state index contributed by atoms with van der Waals surface area (Å²) < 4.78 is 27.1. The van der Waals surface area contributed by atoms with Crippen molar-refractivity contribution in [3.8, 4) is 11.3 Å². The molecule has 0 radical (unpaired) electrons. The smallest absolute Gasteiger partial charge is 0.423 e. The molecule has 0 atom stereocenters. The highest BCUT2D eigenvalue weighted by atomic mass is 19.1. The second kappa shape index (κ2) is 5.15. The molecule has 2 aromatic heterocycles. The summed E-state index contributed by atoms with van der Waals surface area (Å²) in [5, 5.41) is 18.8. The number of pyridine rings is 1. The van der Waals surface area contributed by atoms with Crippen LogP contribution in [0.25, 0.3) is 22.4 Å². The number of rotatable bonds is 2. The molecule has 104 valence electrons. The number of hydrogen-bond acceptors (Lipinski definition) is 5. The van der Waals surface area contributed by atoms with Gasteiger partial charge in [-0.25, -0.2) is 18.7 Å². The molecule has 21 heavy (non-hydrogen) atoms. The topological polar surface area (TPSA) is 79.1 Å². The van der Waals surface area contributed by atoms with Crippen LogP contribution >= 0.6 is 0 Å². The van der Waals surface area contributed by atoms with Gasteiger partial charge in [0.2, 0.25) is 0 Å². The second-order valence-corrected chi connectivity index (χ2v) is 4.32. The maximum Gasteiger partial charge on any atom is 0.490 e. The lowest BCUT2D eigenvalue weighted by Crippen LogP contribution is -2.31. The van der Waals surface area contributed by atoms with Gasteiger partial charge >= 0.3 is 7.12 Å². The number of nitrogens with zero attached hydrogens (tertiary/aromatic N) is 3. The second-order valence-electron chi connectivity index (χ2n) is 4.32. The molecule has 0 aliphatic carbocycles. The highest BCUT2D eigenvalue weighted by Gasteiger charge is 2.20. The maximum absolute atomic E-state index is 13.8. The van der Waals surface area contributed by atoms with E-state index in [4.69, 9.17) is 0 Å². The van der Waals surface area contributed by atoms with Gasteiger partial charge in [-0.2, -0.15) is 0 Å². The summed E-state index contributed by atoms with van der Waals surface area (Å²) in [7, 11) is -1.83. The molecule has 2 heterocycles. The Balaban J connectivity index is 2.31. The van der Waals surface area contributed by atoms with Crippen LogP contribution in [-0.4, -0.2) is 32.1 Å². The van der Waals surface area contributed by atoms with Crippen molar-refractivity contribution in [3.63, 3.8) is 0 Å². The van der Waals surface area contributed by atoms with E-state index in [2.05, 4.69) is 15.0 Å². The van der Waals surface area contributed by atoms with Crippen molar-refractivity contribution < 1.29 is 18.8 Å². The lowest BCUT2D eigenvalue weighted by atomic mass is 9.79. The predicted octanol–water partition coefficient (Wildman–Crippen LogP) is 0.650. The van der Waals surface area contributed by atoms with Crippen LogP contribution in [0, 0.1) is 11.6 Å². The third-order valence-electron chi connectivity index (χ3n) is 2.95. The Kier molecular flexibility index (Phi) is 3.32. The average molecular weight is 287 g/mol. The van der Waals surface area contributed by atoms with Crippen molar-refractivity contribution in [3.05, 3.63) is 48.3 Å². The van der Waals surface area contributed by atoms with Gasteiger partial charge in [0.1, 0.15) is 17.2 Å². The maximum atomic E-state index is 13.8. The summed E-state index contributed by atoms with van der Waals surface area (Å²) in [5.74, 6) is -1.30. The van der Waals surface area contributed by atoms with Gasteiger partial charge in [0.05, 0.1) is 5.69 Å². The van der Waals surface area contributed by atoms with Crippen molar-refractivity contribution in [2.75, 3.05) is 0 Å². The van der Waals surface area contributed by atoms with Gasteiger partial charge in [-0.1, -0.05) is 0 Å². The van der Waals surface area contributed by atoms with E-state index in [1.54, 1.807) is 0 Å². The zero-order valence-electron chi connectivity index (χ0n) is 10.5. The molecule has 0 aliphatic heterocycles. The quantitative estimate of drug-likeness (QED) is 0.676. The Morgan fingerprint density at radius 2 is 1.76 bits per heavy atom. The Morgan fingerprint density at radius 1 is 1.00 bits per heavy atom. The predicted molar refractivity (Wildman–Crippen MR) is 72.5 cm³/mol. The number of benzene rings is 1. The van der Waals surface area contributed by atoms with E-state index in [-0.39, 0.29) is 27.9 Å². The van der Waals surface area contributed by atoms with Gasteiger partial charge in [-0.15, -0.1) is 0 Å². The van der Waals surface area contributed by atoms with Crippen molar-refractivity contribution >= 4 is 23.7 Å². The molecule has 0 bridgehead atoms. The SMILES string of the molecule is OB(O)c1cc(-c2cc(F)ccc2F)nc2nccnc12. The Bertz CT molecular complexity index is 830. The molecule has 0 unspecified atom stereocenters. The standard InChI is InChI=1S/C13H8BF2N3O2/c15-7-1-2-10(16)8(5-7)11-6-9(14(20)21)12-13(19-11)18-4-3-17-12/h1-6,20-21H. The summed E-state index contributed by atoms with van der Waals surface area (Å²) in [5.41, 5.74) is 0.272. The van der Waals surface area contributed by atoms with Gasteiger partial charge < -0.3 is 10.0 Å². The highest BCUT2D eigenvalue weighted by molar-refractivity contribution is 6.61. The third kappa shape index (κ3) is 2.46. The van der Waals surface area contributed by atoms with Crippen LogP contribution in [0.3, 0.4) is 0 Å². The van der Waals surface area contributed by atoms with Gasteiger partial charge in [0.25, 0.3) is 0 Å². The number of hydrogen-bond donors (Lipinski definition) is 2. The average Bonchev–Trinajstić information content (AvgIpc) is 2.48. The van der Waals surface area contributed by atoms with Crippen LogP contribution in [0.15, 0.2) is 36.7 Å². The minimum absolute atomic E-state index is 0.0201. The minimum Gasteiger partial charge on any atom is -0.423 e. The first-order valence-corrected chi connectivity index (χ1v) is 5.99. The summed E-state index contributed by atoms with van der Waals surface area (Å²) in [6.45, 7) is 0. The fourth-order valence-corrected chi connectivity index (χ4v) is 2.01. The van der Waals surface area contributed by atoms with E-state index in [0.29, 0.717) is 0 Å². The molecule has 1 aromatic carbocycles. The molecule has 0 amide bonds. The van der Waals surface area contributed by atoms with E-state index in [9.17, 15) is 18.8 Å². The van der Waals surface area contributed by atoms with Gasteiger partial charge in [-0.3, -0.25) is 4.98 Å². The molecule has 8 heteroatoms. The molecule has 0 saturated heterocycles. The number of halogens is 2. The van der Waals surface area contributed by atoms with Crippen molar-refractivity contribution in [2.24, 2.45) is 0 Å². The molecular weight excluding hydrogens is 279 g/mol. The fourth-order valence-electron chi connectivity index (χ4n) is 2.01. The van der Waals surface area contributed by atoms with E-state index in [0.717, 1.165) is 18.2 Å². The summed E-state index contributed by atoms with van der Waals surface area (Å²) >= 11 is 0. The molecule has 0 aliphatic rings.